The first kappa shape index (κ1) is 25.0. The number of hydrogen-bond donors (Lipinski definition) is 1. The molecular weight excluding hydrogens is 452 g/mol. The smallest absolute Gasteiger partial charge is 0.285 e. The molecule has 5 nitrogen and oxygen atoms in total. The van der Waals surface area contributed by atoms with Crippen molar-refractivity contribution in [1.29, 1.82) is 0 Å². The van der Waals surface area contributed by atoms with Crippen LogP contribution in [0.2, 0.25) is 0 Å². The van der Waals surface area contributed by atoms with Gasteiger partial charge in [-0.1, -0.05) is 81.1 Å². The number of hydrazine groups is 1. The molecular formula is C26H30N2O3S2. The molecule has 0 radical (unpaired) electrons. The van der Waals surface area contributed by atoms with E-state index in [4.69, 9.17) is 17.0 Å². The van der Waals surface area contributed by atoms with Gasteiger partial charge in [-0.2, -0.15) is 5.01 Å². The monoisotopic (exact) mass is 482 g/mol. The average molecular weight is 483 g/mol. The normalized spacial score (nSPS) is 14.7. The van der Waals surface area contributed by atoms with Crippen molar-refractivity contribution in [2.45, 2.75) is 52.4 Å². The highest BCUT2D eigenvalue weighted by Crippen LogP contribution is 2.31. The number of amides is 2. The molecule has 174 valence electrons. The number of carbonyl (C=O) groups excluding carboxylic acids is 2. The molecule has 1 N–H and O–H groups in total. The van der Waals surface area contributed by atoms with Crippen molar-refractivity contribution in [2.24, 2.45) is 0 Å². The second-order valence-corrected chi connectivity index (χ2v) is 9.63. The minimum atomic E-state index is -0.363. The zero-order chi connectivity index (χ0) is 23.6. The maximum Gasteiger partial charge on any atom is 0.285 e. The van der Waals surface area contributed by atoms with E-state index >= 15 is 0 Å². The second-order valence-electron chi connectivity index (χ2n) is 7.96. The van der Waals surface area contributed by atoms with E-state index in [-0.39, 0.29) is 11.8 Å². The Bertz CT molecular complexity index is 1020. The molecule has 2 amide bonds. The molecule has 1 saturated heterocycles. The lowest BCUT2D eigenvalue weighted by Gasteiger charge is -2.16. The van der Waals surface area contributed by atoms with Gasteiger partial charge in [0, 0.05) is 5.56 Å². The van der Waals surface area contributed by atoms with Gasteiger partial charge in [0.2, 0.25) is 0 Å². The van der Waals surface area contributed by atoms with Crippen LogP contribution < -0.4 is 10.2 Å². The fourth-order valence-electron chi connectivity index (χ4n) is 3.44. The van der Waals surface area contributed by atoms with Crippen LogP contribution in [0.3, 0.4) is 0 Å². The highest BCUT2D eigenvalue weighted by Gasteiger charge is 2.33. The first-order chi connectivity index (χ1) is 16.0. The molecule has 0 saturated carbocycles. The number of nitrogens with zero attached hydrogens (tertiary/aromatic N) is 1. The molecule has 2 aromatic carbocycles. The van der Waals surface area contributed by atoms with Gasteiger partial charge in [-0.3, -0.25) is 15.0 Å². The summed E-state index contributed by atoms with van der Waals surface area (Å²) in [5.41, 5.74) is 4.83. The van der Waals surface area contributed by atoms with Crippen LogP contribution in [0.1, 0.15) is 66.9 Å². The van der Waals surface area contributed by atoms with Crippen LogP contribution in [0.25, 0.3) is 6.08 Å². The number of rotatable bonds is 11. The van der Waals surface area contributed by atoms with Gasteiger partial charge in [0.1, 0.15) is 5.75 Å². The zero-order valence-electron chi connectivity index (χ0n) is 19.1. The highest BCUT2D eigenvalue weighted by atomic mass is 32.2. The summed E-state index contributed by atoms with van der Waals surface area (Å²) < 4.78 is 6.12. The Morgan fingerprint density at radius 3 is 2.48 bits per heavy atom. The standard InChI is InChI=1S/C26H30N2O3S2/c1-3-4-5-6-7-10-17-31-21-15-13-20(14-16-21)18-23-25(30)28(26(32)33-23)27-24(29)22-12-9-8-11-19(22)2/h8-9,11-16,18H,3-7,10,17H2,1-2H3,(H,27,29)/b23-18-. The van der Waals surface area contributed by atoms with E-state index in [2.05, 4.69) is 12.3 Å². The van der Waals surface area contributed by atoms with Gasteiger partial charge >= 0.3 is 0 Å². The number of ether oxygens (including phenoxy) is 1. The van der Waals surface area contributed by atoms with Crippen LogP contribution in [0, 0.1) is 6.92 Å². The molecule has 0 unspecified atom stereocenters. The lowest BCUT2D eigenvalue weighted by Crippen LogP contribution is -2.45. The van der Waals surface area contributed by atoms with Crippen molar-refractivity contribution in [3.8, 4) is 5.75 Å². The van der Waals surface area contributed by atoms with Crippen LogP contribution in [0.4, 0.5) is 0 Å². The third kappa shape index (κ3) is 7.17. The summed E-state index contributed by atoms with van der Waals surface area (Å²) >= 11 is 6.49. The molecule has 0 atom stereocenters. The Morgan fingerprint density at radius 2 is 1.76 bits per heavy atom. The SMILES string of the molecule is CCCCCCCCOc1ccc(/C=C2\SC(=S)N(NC(=O)c3ccccc3C)C2=O)cc1. The van der Waals surface area contributed by atoms with E-state index in [1.165, 1.54) is 43.9 Å². The topological polar surface area (TPSA) is 58.6 Å². The molecule has 7 heteroatoms. The predicted molar refractivity (Wildman–Crippen MR) is 139 cm³/mol. The van der Waals surface area contributed by atoms with E-state index in [1.807, 2.05) is 43.3 Å². The number of hydrogen-bond acceptors (Lipinski definition) is 5. The number of aryl methyl sites for hydroxylation is 1. The van der Waals surface area contributed by atoms with Gasteiger partial charge in [-0.15, -0.1) is 0 Å². The van der Waals surface area contributed by atoms with Crippen molar-refractivity contribution < 1.29 is 14.3 Å². The lowest BCUT2D eigenvalue weighted by molar-refractivity contribution is -0.123. The first-order valence-electron chi connectivity index (χ1n) is 11.4. The minimum absolute atomic E-state index is 0.298. The van der Waals surface area contributed by atoms with Crippen molar-refractivity contribution >= 4 is 46.2 Å². The quantitative estimate of drug-likeness (QED) is 0.232. The van der Waals surface area contributed by atoms with E-state index < -0.39 is 0 Å². The number of thioether (sulfide) groups is 1. The largest absolute Gasteiger partial charge is 0.494 e. The van der Waals surface area contributed by atoms with Gasteiger partial charge in [0.15, 0.2) is 4.32 Å². The van der Waals surface area contributed by atoms with Gasteiger partial charge in [0.05, 0.1) is 11.5 Å². The number of benzene rings is 2. The van der Waals surface area contributed by atoms with Gasteiger partial charge in [0.25, 0.3) is 11.8 Å². The Labute approximate surface area is 205 Å². The Kier molecular flexibility index (Phi) is 9.51. The van der Waals surface area contributed by atoms with Gasteiger partial charge in [-0.05, 0) is 61.0 Å². The molecule has 1 fully saturated rings. The van der Waals surface area contributed by atoms with Crippen molar-refractivity contribution in [3.63, 3.8) is 0 Å². The Hall–Kier alpha value is -2.64. The van der Waals surface area contributed by atoms with Crippen molar-refractivity contribution in [3.05, 3.63) is 70.1 Å². The van der Waals surface area contributed by atoms with Crippen molar-refractivity contribution in [1.82, 2.24) is 10.4 Å². The Balaban J connectivity index is 1.53. The van der Waals surface area contributed by atoms with Gasteiger partial charge < -0.3 is 4.74 Å². The molecule has 0 aliphatic carbocycles. The van der Waals surface area contributed by atoms with E-state index in [0.29, 0.717) is 21.4 Å². The number of thiocarbonyl (C=S) groups is 1. The number of nitrogens with one attached hydrogen (secondary N) is 1. The van der Waals surface area contributed by atoms with Gasteiger partial charge in [-0.25, -0.2) is 0 Å². The fraction of sp³-hybridized carbons (Fsp3) is 0.346. The summed E-state index contributed by atoms with van der Waals surface area (Å²) in [4.78, 5) is 25.9. The maximum atomic E-state index is 12.8. The third-order valence-corrected chi connectivity index (χ3v) is 6.64. The van der Waals surface area contributed by atoms with E-state index in [1.54, 1.807) is 18.2 Å². The van der Waals surface area contributed by atoms with Crippen LogP contribution in [-0.4, -0.2) is 27.8 Å². The molecule has 1 heterocycles. The minimum Gasteiger partial charge on any atom is -0.494 e. The van der Waals surface area contributed by atoms with Crippen LogP contribution in [0.5, 0.6) is 5.75 Å². The first-order valence-corrected chi connectivity index (χ1v) is 12.6. The van der Waals surface area contributed by atoms with Crippen LogP contribution in [0.15, 0.2) is 53.4 Å². The maximum absolute atomic E-state index is 12.8. The zero-order valence-corrected chi connectivity index (χ0v) is 20.8. The molecule has 0 spiro atoms. The molecule has 1 aliphatic rings. The van der Waals surface area contributed by atoms with Crippen LogP contribution in [-0.2, 0) is 4.79 Å². The summed E-state index contributed by atoms with van der Waals surface area (Å²) in [6.07, 6.45) is 9.15. The summed E-state index contributed by atoms with van der Waals surface area (Å²) in [7, 11) is 0. The fourth-order valence-corrected chi connectivity index (χ4v) is 4.62. The molecule has 2 aromatic rings. The summed E-state index contributed by atoms with van der Waals surface area (Å²) in [5.74, 6) is 0.117. The highest BCUT2D eigenvalue weighted by molar-refractivity contribution is 8.26. The molecule has 0 aromatic heterocycles. The number of carbonyl (C=O) groups is 2. The molecule has 1 aliphatic heterocycles. The third-order valence-electron chi connectivity index (χ3n) is 5.34. The Morgan fingerprint density at radius 1 is 1.06 bits per heavy atom. The lowest BCUT2D eigenvalue weighted by atomic mass is 10.1. The molecule has 0 bridgehead atoms. The molecule has 3 rings (SSSR count). The number of unbranched alkanes of at least 4 members (excludes halogenated alkanes) is 5. The van der Waals surface area contributed by atoms with E-state index in [9.17, 15) is 9.59 Å². The molecule has 33 heavy (non-hydrogen) atoms. The summed E-state index contributed by atoms with van der Waals surface area (Å²) in [5, 5.41) is 1.14. The average Bonchev–Trinajstić information content (AvgIpc) is 3.07. The summed E-state index contributed by atoms with van der Waals surface area (Å²) in [6, 6.07) is 14.8. The predicted octanol–water partition coefficient (Wildman–Crippen LogP) is 6.28. The van der Waals surface area contributed by atoms with Crippen LogP contribution >= 0.6 is 24.0 Å². The second kappa shape index (κ2) is 12.6. The summed E-state index contributed by atoms with van der Waals surface area (Å²) in [6.45, 7) is 4.78. The van der Waals surface area contributed by atoms with Crippen molar-refractivity contribution in [2.75, 3.05) is 6.61 Å². The van der Waals surface area contributed by atoms with E-state index in [0.717, 1.165) is 28.3 Å².